The van der Waals surface area contributed by atoms with E-state index in [0.29, 0.717) is 6.42 Å². The van der Waals surface area contributed by atoms with Crippen molar-refractivity contribution in [2.75, 3.05) is 26.2 Å². The Kier molecular flexibility index (Phi) is 4.22. The lowest BCUT2D eigenvalue weighted by molar-refractivity contribution is -0.120. The smallest absolute Gasteiger partial charge is 0.221 e. The van der Waals surface area contributed by atoms with Crippen LogP contribution in [0.5, 0.6) is 0 Å². The molecule has 3 heteroatoms. The van der Waals surface area contributed by atoms with Crippen LogP contribution in [0.4, 0.5) is 0 Å². The Hall–Kier alpha value is -0.570. The van der Waals surface area contributed by atoms with Gasteiger partial charge in [-0.2, -0.15) is 0 Å². The summed E-state index contributed by atoms with van der Waals surface area (Å²) >= 11 is 0. The Balaban J connectivity index is 2.22. The lowest BCUT2D eigenvalue weighted by Gasteiger charge is -2.19. The van der Waals surface area contributed by atoms with Crippen LogP contribution < -0.4 is 5.32 Å². The van der Waals surface area contributed by atoms with Crippen molar-refractivity contribution in [3.05, 3.63) is 0 Å². The molecule has 1 saturated heterocycles. The molecule has 0 bridgehead atoms. The number of carbonyl (C=O) groups is 1. The highest BCUT2D eigenvalue weighted by Crippen LogP contribution is 2.03. The molecule has 0 saturated carbocycles. The van der Waals surface area contributed by atoms with Gasteiger partial charge in [-0.15, -0.1) is 0 Å². The summed E-state index contributed by atoms with van der Waals surface area (Å²) in [4.78, 5) is 13.4. The van der Waals surface area contributed by atoms with Gasteiger partial charge in [0.2, 0.25) is 5.91 Å². The van der Waals surface area contributed by atoms with E-state index in [1.165, 1.54) is 6.42 Å². The van der Waals surface area contributed by atoms with E-state index in [2.05, 4.69) is 24.1 Å². The van der Waals surface area contributed by atoms with Crippen LogP contribution >= 0.6 is 0 Å². The quantitative estimate of drug-likeness (QED) is 0.705. The molecule has 0 radical (unpaired) electrons. The van der Waals surface area contributed by atoms with E-state index >= 15 is 0 Å². The Labute approximate surface area is 80.5 Å². The maximum atomic E-state index is 11.0. The molecule has 1 N–H and O–H groups in total. The number of hydrogen-bond donors (Lipinski definition) is 1. The molecular weight excluding hydrogens is 164 g/mol. The fraction of sp³-hybridized carbons (Fsp3) is 0.900. The molecule has 0 aliphatic carbocycles. The van der Waals surface area contributed by atoms with Gasteiger partial charge in [-0.3, -0.25) is 4.79 Å². The van der Waals surface area contributed by atoms with Gasteiger partial charge in [0.15, 0.2) is 0 Å². The zero-order valence-electron chi connectivity index (χ0n) is 8.68. The third kappa shape index (κ3) is 4.27. The van der Waals surface area contributed by atoms with Crippen molar-refractivity contribution >= 4 is 5.91 Å². The van der Waals surface area contributed by atoms with Gasteiger partial charge in [-0.05, 0) is 18.9 Å². The van der Waals surface area contributed by atoms with Crippen LogP contribution in [0, 0.1) is 5.92 Å². The van der Waals surface area contributed by atoms with Gasteiger partial charge in [-0.25, -0.2) is 0 Å². The fourth-order valence-electron chi connectivity index (χ4n) is 1.48. The Morgan fingerprint density at radius 3 is 2.92 bits per heavy atom. The molecule has 76 valence electrons. The molecule has 0 spiro atoms. The molecule has 1 heterocycles. The lowest BCUT2D eigenvalue weighted by atomic mass is 10.1. The largest absolute Gasteiger partial charge is 0.355 e. The molecule has 1 rings (SSSR count). The van der Waals surface area contributed by atoms with Crippen molar-refractivity contribution in [2.24, 2.45) is 5.92 Å². The van der Waals surface area contributed by atoms with Gasteiger partial charge in [0.05, 0.1) is 0 Å². The molecule has 1 aliphatic heterocycles. The zero-order valence-corrected chi connectivity index (χ0v) is 8.68. The summed E-state index contributed by atoms with van der Waals surface area (Å²) in [7, 11) is 0. The van der Waals surface area contributed by atoms with Crippen LogP contribution in [0.3, 0.4) is 0 Å². The predicted molar refractivity (Wildman–Crippen MR) is 53.5 cm³/mol. The maximum Gasteiger partial charge on any atom is 0.221 e. The van der Waals surface area contributed by atoms with Crippen molar-refractivity contribution in [3.8, 4) is 0 Å². The van der Waals surface area contributed by atoms with Crippen LogP contribution in [0.1, 0.15) is 26.7 Å². The van der Waals surface area contributed by atoms with Crippen LogP contribution in [-0.4, -0.2) is 37.0 Å². The number of hydrogen-bond acceptors (Lipinski definition) is 2. The van der Waals surface area contributed by atoms with Crippen molar-refractivity contribution in [3.63, 3.8) is 0 Å². The predicted octanol–water partition coefficient (Wildman–Crippen LogP) is 0.854. The van der Waals surface area contributed by atoms with Crippen LogP contribution in [0.2, 0.25) is 0 Å². The first-order valence-electron chi connectivity index (χ1n) is 5.17. The molecular formula is C10H20N2O. The minimum absolute atomic E-state index is 0.201. The second-order valence-corrected chi connectivity index (χ2v) is 4.12. The molecule has 1 fully saturated rings. The zero-order chi connectivity index (χ0) is 9.68. The minimum Gasteiger partial charge on any atom is -0.355 e. The van der Waals surface area contributed by atoms with E-state index < -0.39 is 0 Å². The van der Waals surface area contributed by atoms with Crippen LogP contribution in [-0.2, 0) is 4.79 Å². The van der Waals surface area contributed by atoms with Crippen LogP contribution in [0.15, 0.2) is 0 Å². The van der Waals surface area contributed by atoms with E-state index in [9.17, 15) is 4.79 Å². The van der Waals surface area contributed by atoms with Crippen molar-refractivity contribution in [1.29, 1.82) is 0 Å². The van der Waals surface area contributed by atoms with Gasteiger partial charge >= 0.3 is 0 Å². The van der Waals surface area contributed by atoms with E-state index in [1.54, 1.807) is 0 Å². The first-order chi connectivity index (χ1) is 6.18. The highest BCUT2D eigenvalue weighted by Gasteiger charge is 2.12. The normalized spacial score (nSPS) is 20.1. The molecule has 0 atom stereocenters. The van der Waals surface area contributed by atoms with Gasteiger partial charge < -0.3 is 10.2 Å². The molecule has 0 aromatic carbocycles. The summed E-state index contributed by atoms with van der Waals surface area (Å²) in [5, 5.41) is 2.88. The first-order valence-corrected chi connectivity index (χ1v) is 5.17. The third-order valence-electron chi connectivity index (χ3n) is 2.43. The summed E-state index contributed by atoms with van der Waals surface area (Å²) in [6.07, 6.45) is 1.90. The van der Waals surface area contributed by atoms with Gasteiger partial charge in [-0.1, -0.05) is 13.8 Å². The Morgan fingerprint density at radius 1 is 1.46 bits per heavy atom. The molecule has 3 nitrogen and oxygen atoms in total. The van der Waals surface area contributed by atoms with Crippen LogP contribution in [0.25, 0.3) is 0 Å². The van der Waals surface area contributed by atoms with Gasteiger partial charge in [0.1, 0.15) is 0 Å². The van der Waals surface area contributed by atoms with E-state index in [1.807, 2.05) is 0 Å². The SMILES string of the molecule is CC(C)CCN1CCNC(=O)CC1. The minimum atomic E-state index is 0.201. The summed E-state index contributed by atoms with van der Waals surface area (Å²) in [5.41, 5.74) is 0. The molecule has 0 unspecified atom stereocenters. The summed E-state index contributed by atoms with van der Waals surface area (Å²) < 4.78 is 0. The number of carbonyl (C=O) groups excluding carboxylic acids is 1. The second kappa shape index (κ2) is 5.22. The number of nitrogens with one attached hydrogen (secondary N) is 1. The summed E-state index contributed by atoms with van der Waals surface area (Å²) in [5.74, 6) is 0.957. The van der Waals surface area contributed by atoms with E-state index in [0.717, 1.165) is 32.1 Å². The maximum absolute atomic E-state index is 11.0. The summed E-state index contributed by atoms with van der Waals surface area (Å²) in [6, 6.07) is 0. The topological polar surface area (TPSA) is 32.3 Å². The summed E-state index contributed by atoms with van der Waals surface area (Å²) in [6.45, 7) is 8.36. The molecule has 0 aromatic heterocycles. The van der Waals surface area contributed by atoms with E-state index in [-0.39, 0.29) is 5.91 Å². The first kappa shape index (κ1) is 10.5. The monoisotopic (exact) mass is 184 g/mol. The average molecular weight is 184 g/mol. The molecule has 1 aliphatic rings. The van der Waals surface area contributed by atoms with Crippen molar-refractivity contribution in [1.82, 2.24) is 10.2 Å². The number of rotatable bonds is 3. The third-order valence-corrected chi connectivity index (χ3v) is 2.43. The standard InChI is InChI=1S/C10H20N2O/c1-9(2)3-6-12-7-4-10(13)11-5-8-12/h9H,3-8H2,1-2H3,(H,11,13). The van der Waals surface area contributed by atoms with Gasteiger partial charge in [0, 0.05) is 26.1 Å². The Morgan fingerprint density at radius 2 is 2.23 bits per heavy atom. The van der Waals surface area contributed by atoms with Crippen molar-refractivity contribution < 1.29 is 4.79 Å². The number of amides is 1. The lowest BCUT2D eigenvalue weighted by Crippen LogP contribution is -2.29. The second-order valence-electron chi connectivity index (χ2n) is 4.12. The highest BCUT2D eigenvalue weighted by atomic mass is 16.1. The Bertz CT molecular complexity index is 168. The molecule has 13 heavy (non-hydrogen) atoms. The molecule has 0 aromatic rings. The van der Waals surface area contributed by atoms with Gasteiger partial charge in [0.25, 0.3) is 0 Å². The highest BCUT2D eigenvalue weighted by molar-refractivity contribution is 5.76. The molecule has 1 amide bonds. The van der Waals surface area contributed by atoms with E-state index in [4.69, 9.17) is 0 Å². The average Bonchev–Trinajstić information content (AvgIpc) is 2.27. The van der Waals surface area contributed by atoms with Crippen molar-refractivity contribution in [2.45, 2.75) is 26.7 Å². The number of nitrogens with zero attached hydrogens (tertiary/aromatic N) is 1. The fourth-order valence-corrected chi connectivity index (χ4v) is 1.48.